The van der Waals surface area contributed by atoms with E-state index < -0.39 is 19.1 Å². The van der Waals surface area contributed by atoms with Crippen LogP contribution in [-0.4, -0.2) is 17.8 Å². The van der Waals surface area contributed by atoms with Crippen molar-refractivity contribution in [2.24, 2.45) is 0 Å². The maximum atomic E-state index is 13.2. The molecule has 1 unspecified atom stereocenters. The van der Waals surface area contributed by atoms with E-state index in [0.29, 0.717) is 16.7 Å². The lowest BCUT2D eigenvalue weighted by atomic mass is 10.1. The average molecular weight is 446 g/mol. The summed E-state index contributed by atoms with van der Waals surface area (Å²) in [6, 6.07) is 13.3. The molecule has 1 heterocycles. The highest BCUT2D eigenvalue weighted by atomic mass is 31.2. The van der Waals surface area contributed by atoms with E-state index in [0.717, 1.165) is 23.0 Å². The largest absolute Gasteiger partial charge is 0.416 e. The zero-order valence-electron chi connectivity index (χ0n) is 17.4. The molecular formula is C23H22F3N2O2P. The molecule has 8 heteroatoms. The number of allylic oxidation sites excluding steroid dienone is 1. The summed E-state index contributed by atoms with van der Waals surface area (Å²) in [5.41, 5.74) is 1.80. The molecule has 0 amide bonds. The zero-order valence-corrected chi connectivity index (χ0v) is 18.3. The van der Waals surface area contributed by atoms with Crippen molar-refractivity contribution in [3.8, 4) is 6.07 Å². The van der Waals surface area contributed by atoms with E-state index >= 15 is 0 Å². The maximum Gasteiger partial charge on any atom is 0.416 e. The standard InChI is InChI=1S/C23H22F3N2O2P/c1-4-30-31(3,29)20(13-27)12-18-15-28(22-8-6-5-7-21(18)22)14-17-9-16(2)10-19(11-17)23(24,25)26/h5-12,15H,4,14H2,1-3H3/b20-12+. The molecule has 0 aliphatic heterocycles. The van der Waals surface area contributed by atoms with Crippen LogP contribution in [0.2, 0.25) is 0 Å². The molecule has 0 aliphatic carbocycles. The second-order valence-electron chi connectivity index (χ2n) is 7.34. The SMILES string of the molecule is CCOP(C)(=O)/C(C#N)=C/c1cn(Cc2cc(C)cc(C(F)(F)F)c2)c2ccccc12. The second kappa shape index (κ2) is 8.74. The summed E-state index contributed by atoms with van der Waals surface area (Å²) in [4.78, 5) is 0. The summed E-state index contributed by atoms with van der Waals surface area (Å²) >= 11 is 0. The van der Waals surface area contributed by atoms with Crippen molar-refractivity contribution in [3.63, 3.8) is 0 Å². The van der Waals surface area contributed by atoms with Crippen LogP contribution in [0.5, 0.6) is 0 Å². The molecule has 0 spiro atoms. The summed E-state index contributed by atoms with van der Waals surface area (Å²) in [6.45, 7) is 5.16. The molecule has 3 aromatic rings. The summed E-state index contributed by atoms with van der Waals surface area (Å²) in [7, 11) is -3.27. The van der Waals surface area contributed by atoms with Gasteiger partial charge in [-0.15, -0.1) is 0 Å². The number of aromatic nitrogens is 1. The van der Waals surface area contributed by atoms with Crippen molar-refractivity contribution < 1.29 is 22.3 Å². The van der Waals surface area contributed by atoms with Gasteiger partial charge in [-0.3, -0.25) is 4.57 Å². The van der Waals surface area contributed by atoms with Crippen LogP contribution < -0.4 is 0 Å². The number of hydrogen-bond donors (Lipinski definition) is 0. The predicted octanol–water partition coefficient (Wildman–Crippen LogP) is 6.83. The molecule has 0 N–H and O–H groups in total. The Labute approximate surface area is 179 Å². The summed E-state index contributed by atoms with van der Waals surface area (Å²) in [5, 5.41) is 10.4. The van der Waals surface area contributed by atoms with Gasteiger partial charge in [-0.2, -0.15) is 18.4 Å². The minimum absolute atomic E-state index is 0.0344. The quantitative estimate of drug-likeness (QED) is 0.308. The van der Waals surface area contributed by atoms with Crippen LogP contribution in [-0.2, 0) is 21.8 Å². The number of para-hydroxylation sites is 1. The molecule has 3 rings (SSSR count). The van der Waals surface area contributed by atoms with E-state index in [9.17, 15) is 23.0 Å². The highest BCUT2D eigenvalue weighted by molar-refractivity contribution is 7.63. The summed E-state index contributed by atoms with van der Waals surface area (Å²) in [5.74, 6) is 0. The fourth-order valence-electron chi connectivity index (χ4n) is 3.54. The first-order valence-electron chi connectivity index (χ1n) is 9.65. The van der Waals surface area contributed by atoms with Gasteiger partial charge in [0.2, 0.25) is 7.37 Å². The zero-order chi connectivity index (χ0) is 22.8. The molecule has 4 nitrogen and oxygen atoms in total. The van der Waals surface area contributed by atoms with Gasteiger partial charge < -0.3 is 9.09 Å². The van der Waals surface area contributed by atoms with Crippen LogP contribution in [0, 0.1) is 18.3 Å². The van der Waals surface area contributed by atoms with Crippen LogP contribution >= 0.6 is 7.37 Å². The topological polar surface area (TPSA) is 55.0 Å². The van der Waals surface area contributed by atoms with Crippen LogP contribution in [0.15, 0.2) is 54.0 Å². The molecule has 162 valence electrons. The Bertz CT molecular complexity index is 1240. The van der Waals surface area contributed by atoms with E-state index in [2.05, 4.69) is 0 Å². The van der Waals surface area contributed by atoms with E-state index in [1.165, 1.54) is 12.7 Å². The number of fused-ring (bicyclic) bond motifs is 1. The lowest BCUT2D eigenvalue weighted by Crippen LogP contribution is -2.07. The van der Waals surface area contributed by atoms with Gasteiger partial charge in [-0.25, -0.2) is 0 Å². The Hall–Kier alpha value is -2.81. The molecule has 0 radical (unpaired) electrons. The normalized spacial score (nSPS) is 14.4. The fourth-order valence-corrected chi connectivity index (χ4v) is 4.73. The highest BCUT2D eigenvalue weighted by Gasteiger charge is 2.31. The number of nitriles is 1. The molecule has 1 atom stereocenters. The second-order valence-corrected chi connectivity index (χ2v) is 9.77. The van der Waals surface area contributed by atoms with Gasteiger partial charge >= 0.3 is 6.18 Å². The van der Waals surface area contributed by atoms with Gasteiger partial charge in [-0.1, -0.05) is 29.8 Å². The van der Waals surface area contributed by atoms with E-state index in [-0.39, 0.29) is 18.5 Å². The smallest absolute Gasteiger partial charge is 0.342 e. The van der Waals surface area contributed by atoms with Gasteiger partial charge in [0.15, 0.2) is 0 Å². The molecule has 0 bridgehead atoms. The Balaban J connectivity index is 2.09. The number of nitrogens with zero attached hydrogens (tertiary/aromatic N) is 2. The van der Waals surface area contributed by atoms with Gasteiger partial charge in [0.1, 0.15) is 11.4 Å². The van der Waals surface area contributed by atoms with Crippen molar-refractivity contribution in [1.29, 1.82) is 5.26 Å². The lowest BCUT2D eigenvalue weighted by Gasteiger charge is -2.12. The molecule has 0 saturated heterocycles. The maximum absolute atomic E-state index is 13.2. The number of benzene rings is 2. The van der Waals surface area contributed by atoms with Gasteiger partial charge in [0, 0.05) is 35.9 Å². The number of halogens is 3. The van der Waals surface area contributed by atoms with E-state index in [1.807, 2.05) is 34.9 Å². The van der Waals surface area contributed by atoms with Crippen molar-refractivity contribution in [2.75, 3.05) is 13.3 Å². The predicted molar refractivity (Wildman–Crippen MR) is 116 cm³/mol. The third-order valence-corrected chi connectivity index (χ3v) is 6.71. The Morgan fingerprint density at radius 1 is 1.26 bits per heavy atom. The first-order chi connectivity index (χ1) is 14.5. The fraction of sp³-hybridized carbons (Fsp3) is 0.261. The van der Waals surface area contributed by atoms with Gasteiger partial charge in [0.25, 0.3) is 0 Å². The molecular weight excluding hydrogens is 424 g/mol. The third-order valence-electron chi connectivity index (χ3n) is 4.86. The van der Waals surface area contributed by atoms with Crippen LogP contribution in [0.1, 0.15) is 29.2 Å². The van der Waals surface area contributed by atoms with Crippen LogP contribution in [0.3, 0.4) is 0 Å². The van der Waals surface area contributed by atoms with Gasteiger partial charge in [0.05, 0.1) is 12.2 Å². The van der Waals surface area contributed by atoms with Crippen molar-refractivity contribution in [1.82, 2.24) is 4.57 Å². The van der Waals surface area contributed by atoms with Crippen molar-refractivity contribution in [3.05, 3.63) is 76.2 Å². The molecule has 0 fully saturated rings. The number of hydrogen-bond acceptors (Lipinski definition) is 3. The number of aryl methyl sites for hydroxylation is 1. The summed E-state index contributed by atoms with van der Waals surface area (Å²) in [6.07, 6.45) is -1.13. The van der Waals surface area contributed by atoms with E-state index in [4.69, 9.17) is 4.52 Å². The minimum Gasteiger partial charge on any atom is -0.342 e. The molecule has 1 aromatic heterocycles. The first kappa shape index (κ1) is 22.9. The lowest BCUT2D eigenvalue weighted by molar-refractivity contribution is -0.137. The monoisotopic (exact) mass is 446 g/mol. The van der Waals surface area contributed by atoms with Gasteiger partial charge in [-0.05, 0) is 43.7 Å². The number of alkyl halides is 3. The third kappa shape index (κ3) is 5.10. The highest BCUT2D eigenvalue weighted by Crippen LogP contribution is 2.51. The Morgan fingerprint density at radius 3 is 2.61 bits per heavy atom. The average Bonchev–Trinajstić information content (AvgIpc) is 3.02. The molecule has 0 aliphatic rings. The molecule has 0 saturated carbocycles. The van der Waals surface area contributed by atoms with Crippen LogP contribution in [0.25, 0.3) is 17.0 Å². The first-order valence-corrected chi connectivity index (χ1v) is 11.7. The number of rotatable bonds is 6. The van der Waals surface area contributed by atoms with Crippen LogP contribution in [0.4, 0.5) is 13.2 Å². The van der Waals surface area contributed by atoms with E-state index in [1.54, 1.807) is 26.1 Å². The minimum atomic E-state index is -4.42. The van der Waals surface area contributed by atoms with Crippen molar-refractivity contribution in [2.45, 2.75) is 26.6 Å². The Morgan fingerprint density at radius 2 is 1.97 bits per heavy atom. The molecule has 31 heavy (non-hydrogen) atoms. The van der Waals surface area contributed by atoms with Crippen molar-refractivity contribution >= 4 is 24.3 Å². The summed E-state index contributed by atoms with van der Waals surface area (Å²) < 4.78 is 59.5. The molecule has 2 aromatic carbocycles. The Kier molecular flexibility index (Phi) is 6.45.